The normalized spacial score (nSPS) is 16.2. The van der Waals surface area contributed by atoms with Gasteiger partial charge in [-0.25, -0.2) is 4.68 Å². The van der Waals surface area contributed by atoms with Gasteiger partial charge < -0.3 is 10.5 Å². The van der Waals surface area contributed by atoms with Crippen LogP contribution in [0.15, 0.2) is 18.2 Å². The number of benzene rings is 1. The molecule has 2 N–H and O–H groups in total. The SMILES string of the molecule is COc1ccc(-c2nnnn2C2CCCCC2)cc1N. The fourth-order valence-electron chi connectivity index (χ4n) is 2.83. The molecule has 1 aliphatic carbocycles. The van der Waals surface area contributed by atoms with E-state index in [-0.39, 0.29) is 0 Å². The van der Waals surface area contributed by atoms with Gasteiger partial charge in [-0.1, -0.05) is 19.3 Å². The summed E-state index contributed by atoms with van der Waals surface area (Å²) in [5.41, 5.74) is 7.49. The van der Waals surface area contributed by atoms with Crippen LogP contribution in [-0.4, -0.2) is 27.3 Å². The van der Waals surface area contributed by atoms with E-state index in [4.69, 9.17) is 10.5 Å². The number of rotatable bonds is 3. The molecule has 6 heteroatoms. The van der Waals surface area contributed by atoms with Crippen LogP contribution in [0.3, 0.4) is 0 Å². The van der Waals surface area contributed by atoms with E-state index in [2.05, 4.69) is 15.5 Å². The number of aromatic nitrogens is 4. The quantitative estimate of drug-likeness (QED) is 0.869. The van der Waals surface area contributed by atoms with Crippen LogP contribution in [-0.2, 0) is 0 Å². The Bertz CT molecular complexity index is 589. The summed E-state index contributed by atoms with van der Waals surface area (Å²) in [5.74, 6) is 1.46. The molecular formula is C14H19N5O. The van der Waals surface area contributed by atoms with Gasteiger partial charge in [0.05, 0.1) is 18.8 Å². The third-order valence-corrected chi connectivity index (χ3v) is 3.90. The Kier molecular flexibility index (Phi) is 3.54. The van der Waals surface area contributed by atoms with Gasteiger partial charge in [0.2, 0.25) is 0 Å². The maximum atomic E-state index is 5.96. The highest BCUT2D eigenvalue weighted by Crippen LogP contribution is 2.32. The molecule has 0 amide bonds. The average Bonchev–Trinajstić information content (AvgIpc) is 2.97. The van der Waals surface area contributed by atoms with E-state index in [0.717, 1.165) is 24.2 Å². The summed E-state index contributed by atoms with van der Waals surface area (Å²) in [4.78, 5) is 0. The number of hydrogen-bond acceptors (Lipinski definition) is 5. The van der Waals surface area contributed by atoms with Crippen molar-refractivity contribution in [1.29, 1.82) is 0 Å². The molecule has 1 fully saturated rings. The second-order valence-electron chi connectivity index (χ2n) is 5.20. The highest BCUT2D eigenvalue weighted by molar-refractivity contribution is 5.66. The van der Waals surface area contributed by atoms with Gasteiger partial charge in [0.1, 0.15) is 5.75 Å². The van der Waals surface area contributed by atoms with Crippen molar-refractivity contribution in [2.24, 2.45) is 0 Å². The van der Waals surface area contributed by atoms with E-state index in [1.807, 2.05) is 22.9 Å². The monoisotopic (exact) mass is 273 g/mol. The molecule has 1 aromatic carbocycles. The van der Waals surface area contributed by atoms with Crippen LogP contribution in [0.2, 0.25) is 0 Å². The van der Waals surface area contributed by atoms with E-state index in [9.17, 15) is 0 Å². The summed E-state index contributed by atoms with van der Waals surface area (Å²) in [6.07, 6.45) is 6.08. The second-order valence-corrected chi connectivity index (χ2v) is 5.20. The lowest BCUT2D eigenvalue weighted by molar-refractivity contribution is 0.327. The first-order valence-corrected chi connectivity index (χ1v) is 7.01. The van der Waals surface area contributed by atoms with E-state index < -0.39 is 0 Å². The molecule has 1 heterocycles. The summed E-state index contributed by atoms with van der Waals surface area (Å²) >= 11 is 0. The molecule has 1 aliphatic rings. The highest BCUT2D eigenvalue weighted by atomic mass is 16.5. The molecular weight excluding hydrogens is 254 g/mol. The van der Waals surface area contributed by atoms with Gasteiger partial charge in [-0.15, -0.1) is 5.10 Å². The minimum Gasteiger partial charge on any atom is -0.495 e. The molecule has 2 aromatic rings. The zero-order chi connectivity index (χ0) is 13.9. The average molecular weight is 273 g/mol. The molecule has 0 bridgehead atoms. The number of nitrogens with two attached hydrogens (primary N) is 1. The number of nitrogen functional groups attached to an aromatic ring is 1. The molecule has 3 rings (SSSR count). The van der Waals surface area contributed by atoms with Crippen molar-refractivity contribution in [3.63, 3.8) is 0 Å². The first-order chi connectivity index (χ1) is 9.79. The Morgan fingerprint density at radius 1 is 1.25 bits per heavy atom. The van der Waals surface area contributed by atoms with Crippen molar-refractivity contribution in [3.05, 3.63) is 18.2 Å². The standard InChI is InChI=1S/C14H19N5O/c1-20-13-8-7-10(9-12(13)15)14-16-17-18-19(14)11-5-3-2-4-6-11/h7-9,11H,2-6,15H2,1H3. The summed E-state index contributed by atoms with van der Waals surface area (Å²) in [7, 11) is 1.61. The third-order valence-electron chi connectivity index (χ3n) is 3.90. The number of ether oxygens (including phenoxy) is 1. The first-order valence-electron chi connectivity index (χ1n) is 7.01. The van der Waals surface area contributed by atoms with Gasteiger partial charge in [-0.05, 0) is 41.5 Å². The Morgan fingerprint density at radius 3 is 2.75 bits per heavy atom. The van der Waals surface area contributed by atoms with Gasteiger partial charge in [0.25, 0.3) is 0 Å². The largest absolute Gasteiger partial charge is 0.495 e. The van der Waals surface area contributed by atoms with Crippen molar-refractivity contribution >= 4 is 5.69 Å². The number of methoxy groups -OCH3 is 1. The van der Waals surface area contributed by atoms with Crippen LogP contribution < -0.4 is 10.5 Å². The number of nitrogens with zero attached hydrogens (tertiary/aromatic N) is 4. The van der Waals surface area contributed by atoms with Crippen molar-refractivity contribution in [1.82, 2.24) is 20.2 Å². The Labute approximate surface area is 117 Å². The molecule has 0 saturated heterocycles. The third kappa shape index (κ3) is 2.33. The van der Waals surface area contributed by atoms with Crippen LogP contribution in [0, 0.1) is 0 Å². The minimum atomic E-state index is 0.400. The lowest BCUT2D eigenvalue weighted by atomic mass is 9.95. The van der Waals surface area contributed by atoms with Gasteiger partial charge in [-0.3, -0.25) is 0 Å². The molecule has 0 unspecified atom stereocenters. The summed E-state index contributed by atoms with van der Waals surface area (Å²) in [6.45, 7) is 0. The summed E-state index contributed by atoms with van der Waals surface area (Å²) in [5, 5.41) is 12.2. The molecule has 20 heavy (non-hydrogen) atoms. The Balaban J connectivity index is 1.94. The van der Waals surface area contributed by atoms with Crippen molar-refractivity contribution < 1.29 is 4.74 Å². The fourth-order valence-corrected chi connectivity index (χ4v) is 2.83. The smallest absolute Gasteiger partial charge is 0.182 e. The van der Waals surface area contributed by atoms with Gasteiger partial charge in [0.15, 0.2) is 5.82 Å². The molecule has 1 aromatic heterocycles. The number of tetrazole rings is 1. The van der Waals surface area contributed by atoms with Crippen LogP contribution >= 0.6 is 0 Å². The van der Waals surface area contributed by atoms with Gasteiger partial charge in [-0.2, -0.15) is 0 Å². The zero-order valence-electron chi connectivity index (χ0n) is 11.6. The second kappa shape index (κ2) is 5.48. The van der Waals surface area contributed by atoms with E-state index in [1.54, 1.807) is 7.11 Å². The van der Waals surface area contributed by atoms with E-state index in [1.165, 1.54) is 19.3 Å². The predicted octanol–water partition coefficient (Wildman–Crippen LogP) is 2.44. The fraction of sp³-hybridized carbons (Fsp3) is 0.500. The summed E-state index contributed by atoms with van der Waals surface area (Å²) in [6, 6.07) is 6.06. The minimum absolute atomic E-state index is 0.400. The molecule has 0 radical (unpaired) electrons. The van der Waals surface area contributed by atoms with Gasteiger partial charge >= 0.3 is 0 Å². The van der Waals surface area contributed by atoms with Crippen LogP contribution in [0.4, 0.5) is 5.69 Å². The molecule has 106 valence electrons. The summed E-state index contributed by atoms with van der Waals surface area (Å²) < 4.78 is 7.13. The van der Waals surface area contributed by atoms with Crippen LogP contribution in [0.1, 0.15) is 38.1 Å². The van der Waals surface area contributed by atoms with Crippen molar-refractivity contribution in [2.45, 2.75) is 38.1 Å². The maximum absolute atomic E-state index is 5.96. The molecule has 1 saturated carbocycles. The zero-order valence-corrected chi connectivity index (χ0v) is 11.6. The van der Waals surface area contributed by atoms with Crippen molar-refractivity contribution in [2.75, 3.05) is 12.8 Å². The van der Waals surface area contributed by atoms with Crippen LogP contribution in [0.5, 0.6) is 5.75 Å². The van der Waals surface area contributed by atoms with E-state index >= 15 is 0 Å². The lowest BCUT2D eigenvalue weighted by Gasteiger charge is -2.22. The lowest BCUT2D eigenvalue weighted by Crippen LogP contribution is -2.15. The molecule has 0 aliphatic heterocycles. The van der Waals surface area contributed by atoms with E-state index in [0.29, 0.717) is 17.5 Å². The number of anilines is 1. The molecule has 0 spiro atoms. The number of hydrogen-bond donors (Lipinski definition) is 1. The molecule has 0 atom stereocenters. The van der Waals surface area contributed by atoms with Crippen molar-refractivity contribution in [3.8, 4) is 17.1 Å². The predicted molar refractivity (Wildman–Crippen MR) is 76.3 cm³/mol. The molecule has 6 nitrogen and oxygen atoms in total. The Morgan fingerprint density at radius 2 is 2.05 bits per heavy atom. The van der Waals surface area contributed by atoms with Crippen LogP contribution in [0.25, 0.3) is 11.4 Å². The maximum Gasteiger partial charge on any atom is 0.182 e. The highest BCUT2D eigenvalue weighted by Gasteiger charge is 2.21. The Hall–Kier alpha value is -2.11. The topological polar surface area (TPSA) is 78.9 Å². The van der Waals surface area contributed by atoms with Gasteiger partial charge in [0, 0.05) is 5.56 Å². The first kappa shape index (κ1) is 12.9.